The minimum absolute atomic E-state index is 0.0113. The first kappa shape index (κ1) is 26.1. The van der Waals surface area contributed by atoms with Crippen molar-refractivity contribution in [2.45, 2.75) is 56.8 Å². The van der Waals surface area contributed by atoms with E-state index < -0.39 is 18.0 Å². The lowest BCUT2D eigenvalue weighted by Crippen LogP contribution is -2.39. The maximum atomic E-state index is 14.9. The number of nitrogens with one attached hydrogen (secondary N) is 2. The van der Waals surface area contributed by atoms with Gasteiger partial charge in [0, 0.05) is 19.1 Å². The molecule has 1 aliphatic heterocycles. The molecule has 0 radical (unpaired) electrons. The lowest BCUT2D eigenvalue weighted by atomic mass is 9.84. The largest absolute Gasteiger partial charge is 0.378 e. The third kappa shape index (κ3) is 5.49. The van der Waals surface area contributed by atoms with E-state index in [1.807, 2.05) is 10.6 Å². The Balaban J connectivity index is 1.51. The summed E-state index contributed by atoms with van der Waals surface area (Å²) in [7, 11) is 0. The number of amides is 1. The summed E-state index contributed by atoms with van der Waals surface area (Å²) in [5.74, 6) is -0.256. The molecule has 0 unspecified atom stereocenters. The number of rotatable bonds is 7. The molecule has 2 aromatic heterocycles. The van der Waals surface area contributed by atoms with Gasteiger partial charge in [0.2, 0.25) is 17.8 Å². The van der Waals surface area contributed by atoms with Gasteiger partial charge in [-0.15, -0.1) is 0 Å². The van der Waals surface area contributed by atoms with Gasteiger partial charge in [-0.05, 0) is 50.2 Å². The molecule has 13 heteroatoms. The molecular formula is C25H27ClF2N8O2. The monoisotopic (exact) mass is 544 g/mol. The van der Waals surface area contributed by atoms with Gasteiger partial charge in [-0.3, -0.25) is 9.36 Å². The van der Waals surface area contributed by atoms with E-state index in [1.54, 1.807) is 0 Å². The molecule has 4 N–H and O–H groups in total. The van der Waals surface area contributed by atoms with E-state index in [1.165, 1.54) is 12.3 Å². The molecule has 200 valence electrons. The Hall–Kier alpha value is -3.56. The number of hydrogen-bond donors (Lipinski definition) is 3. The summed E-state index contributed by atoms with van der Waals surface area (Å²) >= 11 is 6.30. The lowest BCUT2D eigenvalue weighted by Gasteiger charge is -2.30. The second kappa shape index (κ2) is 11.0. The number of carbonyl (C=O) groups is 1. The topological polar surface area (TPSA) is 144 Å². The molecule has 5 rings (SSSR count). The molecule has 1 aliphatic carbocycles. The first-order valence-corrected chi connectivity index (χ1v) is 12.9. The number of anilines is 3. The number of halogens is 3. The van der Waals surface area contributed by atoms with Crippen molar-refractivity contribution in [3.05, 3.63) is 34.7 Å². The first-order valence-electron chi connectivity index (χ1n) is 12.5. The number of nitriles is 1. The Morgan fingerprint density at radius 2 is 2.05 bits per heavy atom. The van der Waals surface area contributed by atoms with Gasteiger partial charge in [0.1, 0.15) is 17.5 Å². The van der Waals surface area contributed by atoms with Crippen LogP contribution in [0.15, 0.2) is 18.3 Å². The highest BCUT2D eigenvalue weighted by molar-refractivity contribution is 6.33. The molecule has 1 saturated carbocycles. The van der Waals surface area contributed by atoms with Crippen LogP contribution in [0, 0.1) is 23.1 Å². The Morgan fingerprint density at radius 3 is 2.74 bits per heavy atom. The molecular weight excluding hydrogens is 518 g/mol. The van der Waals surface area contributed by atoms with Gasteiger partial charge in [0.05, 0.1) is 41.2 Å². The highest BCUT2D eigenvalue weighted by Gasteiger charge is 2.29. The second-order valence-corrected chi connectivity index (χ2v) is 10.1. The number of nitrogens with two attached hydrogens (primary N) is 1. The van der Waals surface area contributed by atoms with Crippen molar-refractivity contribution in [2.24, 2.45) is 11.7 Å². The summed E-state index contributed by atoms with van der Waals surface area (Å²) in [5.41, 5.74) is 6.44. The van der Waals surface area contributed by atoms with Crippen LogP contribution < -0.4 is 16.4 Å². The quantitative estimate of drug-likeness (QED) is 0.397. The molecule has 0 spiro atoms. The summed E-state index contributed by atoms with van der Waals surface area (Å²) < 4.78 is 36.3. The molecule has 1 saturated heterocycles. The number of carbonyl (C=O) groups excluding carboxylic acids is 1. The van der Waals surface area contributed by atoms with Crippen molar-refractivity contribution in [2.75, 3.05) is 23.8 Å². The number of alkyl halides is 1. The van der Waals surface area contributed by atoms with E-state index in [2.05, 4.69) is 25.6 Å². The Bertz CT molecular complexity index is 1360. The van der Waals surface area contributed by atoms with Crippen molar-refractivity contribution >= 4 is 46.3 Å². The SMILES string of the molecule is N#Cc1cc(F)c(Nc2nc3cnc(N[C@H]4CCOC[C@H]4F)nc3n2C2CCC(CC(N)=O)CC2)c(Cl)c1. The number of hydrogen-bond acceptors (Lipinski definition) is 8. The zero-order valence-electron chi connectivity index (χ0n) is 20.5. The van der Waals surface area contributed by atoms with Gasteiger partial charge in [-0.2, -0.15) is 10.2 Å². The minimum atomic E-state index is -1.19. The number of benzene rings is 1. The predicted molar refractivity (Wildman–Crippen MR) is 137 cm³/mol. The van der Waals surface area contributed by atoms with Crippen LogP contribution >= 0.6 is 11.6 Å². The highest BCUT2D eigenvalue weighted by Crippen LogP contribution is 2.39. The van der Waals surface area contributed by atoms with Crippen molar-refractivity contribution in [3.63, 3.8) is 0 Å². The molecule has 38 heavy (non-hydrogen) atoms. The zero-order chi connectivity index (χ0) is 26.8. The smallest absolute Gasteiger partial charge is 0.225 e. The number of primary amides is 1. The van der Waals surface area contributed by atoms with Crippen LogP contribution in [0.1, 0.15) is 50.1 Å². The van der Waals surface area contributed by atoms with Gasteiger partial charge in [-0.25, -0.2) is 18.7 Å². The van der Waals surface area contributed by atoms with Crippen LogP contribution in [-0.2, 0) is 9.53 Å². The van der Waals surface area contributed by atoms with Crippen LogP contribution in [0.5, 0.6) is 0 Å². The molecule has 3 aromatic rings. The van der Waals surface area contributed by atoms with Crippen LogP contribution in [0.4, 0.5) is 26.4 Å². The lowest BCUT2D eigenvalue weighted by molar-refractivity contribution is -0.119. The summed E-state index contributed by atoms with van der Waals surface area (Å²) in [6.07, 6.45) is 4.17. The first-order chi connectivity index (χ1) is 18.3. The van der Waals surface area contributed by atoms with Gasteiger partial charge in [0.15, 0.2) is 5.65 Å². The summed E-state index contributed by atoms with van der Waals surface area (Å²) in [6.45, 7) is 0.454. The molecule has 2 atom stereocenters. The van der Waals surface area contributed by atoms with E-state index in [-0.39, 0.29) is 46.7 Å². The van der Waals surface area contributed by atoms with Crippen molar-refractivity contribution in [1.82, 2.24) is 19.5 Å². The highest BCUT2D eigenvalue weighted by atomic mass is 35.5. The molecule has 1 aromatic carbocycles. The number of fused-ring (bicyclic) bond motifs is 1. The van der Waals surface area contributed by atoms with Crippen LogP contribution in [0.2, 0.25) is 5.02 Å². The fraction of sp³-hybridized carbons (Fsp3) is 0.480. The van der Waals surface area contributed by atoms with Crippen LogP contribution in [0.3, 0.4) is 0 Å². The van der Waals surface area contributed by atoms with Crippen LogP contribution in [0.25, 0.3) is 11.2 Å². The van der Waals surface area contributed by atoms with Gasteiger partial charge in [-0.1, -0.05) is 11.6 Å². The van der Waals surface area contributed by atoms with E-state index in [0.29, 0.717) is 36.6 Å². The molecule has 10 nitrogen and oxygen atoms in total. The van der Waals surface area contributed by atoms with Gasteiger partial charge < -0.3 is 21.1 Å². The molecule has 2 aliphatic rings. The molecule has 3 heterocycles. The summed E-state index contributed by atoms with van der Waals surface area (Å²) in [4.78, 5) is 25.0. The second-order valence-electron chi connectivity index (χ2n) is 9.73. The zero-order valence-corrected chi connectivity index (χ0v) is 21.2. The van der Waals surface area contributed by atoms with E-state index in [9.17, 15) is 13.6 Å². The van der Waals surface area contributed by atoms with Crippen LogP contribution in [-0.4, -0.2) is 50.9 Å². The predicted octanol–water partition coefficient (Wildman–Crippen LogP) is 4.38. The van der Waals surface area contributed by atoms with Gasteiger partial charge in [0.25, 0.3) is 0 Å². The maximum absolute atomic E-state index is 14.9. The Kier molecular flexibility index (Phi) is 7.58. The molecule has 2 fully saturated rings. The Morgan fingerprint density at radius 1 is 1.26 bits per heavy atom. The fourth-order valence-corrected chi connectivity index (χ4v) is 5.44. The maximum Gasteiger partial charge on any atom is 0.225 e. The summed E-state index contributed by atoms with van der Waals surface area (Å²) in [5, 5.41) is 15.2. The Labute approximate surface area is 222 Å². The third-order valence-electron chi connectivity index (χ3n) is 7.11. The number of aromatic nitrogens is 4. The number of nitrogens with zero attached hydrogens (tertiary/aromatic N) is 5. The molecule has 0 bridgehead atoms. The third-order valence-corrected chi connectivity index (χ3v) is 7.41. The summed E-state index contributed by atoms with van der Waals surface area (Å²) in [6, 6.07) is 3.80. The van der Waals surface area contributed by atoms with Gasteiger partial charge >= 0.3 is 0 Å². The average molecular weight is 545 g/mol. The number of imidazole rings is 1. The molecule has 1 amide bonds. The van der Waals surface area contributed by atoms with E-state index >= 15 is 0 Å². The fourth-order valence-electron chi connectivity index (χ4n) is 5.19. The number of ether oxygens (including phenoxy) is 1. The normalized spacial score (nSPS) is 23.6. The van der Waals surface area contributed by atoms with E-state index in [4.69, 9.17) is 27.3 Å². The average Bonchev–Trinajstić information content (AvgIpc) is 3.25. The van der Waals surface area contributed by atoms with Crippen molar-refractivity contribution < 1.29 is 18.3 Å². The van der Waals surface area contributed by atoms with Crippen molar-refractivity contribution in [1.29, 1.82) is 5.26 Å². The minimum Gasteiger partial charge on any atom is -0.378 e. The standard InChI is InChI=1S/C25H27ClF2N8O2/c26-16-7-14(10-29)8-17(27)22(16)34-25-33-20-11-31-24(32-19-5-6-38-12-18(19)28)35-23(20)36(25)15-3-1-13(2-4-15)9-21(30)37/h7-8,11,13,15,18-19H,1-6,9,12H2,(H2,30,37)(H,33,34)(H,31,32,35)/t13?,15?,18-,19+/m1/s1. The van der Waals surface area contributed by atoms with Crippen molar-refractivity contribution in [3.8, 4) is 6.07 Å². The van der Waals surface area contributed by atoms with E-state index in [0.717, 1.165) is 31.7 Å².